The SMILES string of the molecule is Cc1sc(Nc2ccccc2C(C)(C)C)nc1C(=O)O. The maximum Gasteiger partial charge on any atom is 0.355 e. The van der Waals surface area contributed by atoms with E-state index in [1.54, 1.807) is 6.92 Å². The van der Waals surface area contributed by atoms with Crippen molar-refractivity contribution in [2.45, 2.75) is 33.1 Å². The van der Waals surface area contributed by atoms with Crippen LogP contribution in [0.25, 0.3) is 0 Å². The van der Waals surface area contributed by atoms with Gasteiger partial charge in [0.25, 0.3) is 0 Å². The minimum absolute atomic E-state index is 0.00548. The zero-order valence-corrected chi connectivity index (χ0v) is 12.8. The third-order valence-electron chi connectivity index (χ3n) is 2.98. The number of rotatable bonds is 3. The number of hydrogen-bond acceptors (Lipinski definition) is 4. The van der Waals surface area contributed by atoms with Crippen molar-refractivity contribution in [3.63, 3.8) is 0 Å². The molecule has 0 aliphatic heterocycles. The topological polar surface area (TPSA) is 62.2 Å². The fourth-order valence-corrected chi connectivity index (χ4v) is 2.83. The van der Waals surface area contributed by atoms with Gasteiger partial charge in [0.1, 0.15) is 0 Å². The number of para-hydroxylation sites is 1. The third-order valence-corrected chi connectivity index (χ3v) is 3.86. The van der Waals surface area contributed by atoms with Crippen molar-refractivity contribution in [1.29, 1.82) is 0 Å². The second-order valence-electron chi connectivity index (χ2n) is 5.65. The summed E-state index contributed by atoms with van der Waals surface area (Å²) in [7, 11) is 0. The van der Waals surface area contributed by atoms with Gasteiger partial charge >= 0.3 is 5.97 Å². The molecule has 20 heavy (non-hydrogen) atoms. The molecular formula is C15H18N2O2S. The summed E-state index contributed by atoms with van der Waals surface area (Å²) in [5, 5.41) is 12.9. The molecule has 0 fully saturated rings. The van der Waals surface area contributed by atoms with Gasteiger partial charge in [0.2, 0.25) is 0 Å². The molecule has 0 aliphatic carbocycles. The molecular weight excluding hydrogens is 272 g/mol. The molecule has 0 radical (unpaired) electrons. The van der Waals surface area contributed by atoms with Gasteiger partial charge in [-0.15, -0.1) is 11.3 Å². The fraction of sp³-hybridized carbons (Fsp3) is 0.333. The summed E-state index contributed by atoms with van der Waals surface area (Å²) >= 11 is 1.35. The first-order valence-electron chi connectivity index (χ1n) is 6.36. The van der Waals surface area contributed by atoms with E-state index in [1.807, 2.05) is 18.2 Å². The number of aryl methyl sites for hydroxylation is 1. The van der Waals surface area contributed by atoms with Crippen molar-refractivity contribution in [3.05, 3.63) is 40.4 Å². The van der Waals surface area contributed by atoms with Gasteiger partial charge in [-0.2, -0.15) is 0 Å². The zero-order chi connectivity index (χ0) is 14.9. The average molecular weight is 290 g/mol. The number of anilines is 2. The Morgan fingerprint density at radius 2 is 1.95 bits per heavy atom. The van der Waals surface area contributed by atoms with Crippen LogP contribution in [0.1, 0.15) is 41.7 Å². The largest absolute Gasteiger partial charge is 0.476 e. The molecule has 1 heterocycles. The van der Waals surface area contributed by atoms with E-state index in [0.29, 0.717) is 10.0 Å². The van der Waals surface area contributed by atoms with E-state index in [-0.39, 0.29) is 11.1 Å². The number of carbonyl (C=O) groups is 1. The Hall–Kier alpha value is -1.88. The van der Waals surface area contributed by atoms with Gasteiger partial charge in [-0.1, -0.05) is 39.0 Å². The van der Waals surface area contributed by atoms with Gasteiger partial charge in [-0.3, -0.25) is 0 Å². The molecule has 0 amide bonds. The van der Waals surface area contributed by atoms with Gasteiger partial charge in [0.15, 0.2) is 10.8 Å². The Labute approximate surface area is 122 Å². The van der Waals surface area contributed by atoms with E-state index in [0.717, 1.165) is 5.69 Å². The van der Waals surface area contributed by atoms with Gasteiger partial charge < -0.3 is 10.4 Å². The maximum atomic E-state index is 11.0. The van der Waals surface area contributed by atoms with Crippen LogP contribution in [0.2, 0.25) is 0 Å². The highest BCUT2D eigenvalue weighted by molar-refractivity contribution is 7.15. The molecule has 0 saturated carbocycles. The highest BCUT2D eigenvalue weighted by Crippen LogP contribution is 2.33. The van der Waals surface area contributed by atoms with Crippen LogP contribution in [-0.2, 0) is 5.41 Å². The molecule has 4 nitrogen and oxygen atoms in total. The Kier molecular flexibility index (Phi) is 3.81. The van der Waals surface area contributed by atoms with Crippen molar-refractivity contribution in [3.8, 4) is 0 Å². The van der Waals surface area contributed by atoms with Crippen LogP contribution < -0.4 is 5.32 Å². The van der Waals surface area contributed by atoms with Gasteiger partial charge in [0.05, 0.1) is 0 Å². The number of hydrogen-bond donors (Lipinski definition) is 2. The van der Waals surface area contributed by atoms with E-state index in [9.17, 15) is 4.79 Å². The zero-order valence-electron chi connectivity index (χ0n) is 12.0. The summed E-state index contributed by atoms with van der Waals surface area (Å²) in [5.74, 6) is -0.990. The van der Waals surface area contributed by atoms with E-state index < -0.39 is 5.97 Å². The molecule has 1 aromatic heterocycles. The van der Waals surface area contributed by atoms with Crippen molar-refractivity contribution < 1.29 is 9.90 Å². The second kappa shape index (κ2) is 5.25. The Morgan fingerprint density at radius 1 is 1.30 bits per heavy atom. The van der Waals surface area contributed by atoms with E-state index in [1.165, 1.54) is 16.9 Å². The molecule has 5 heteroatoms. The lowest BCUT2D eigenvalue weighted by atomic mass is 9.86. The summed E-state index contributed by atoms with van der Waals surface area (Å²) in [5.41, 5.74) is 2.26. The summed E-state index contributed by atoms with van der Waals surface area (Å²) in [4.78, 5) is 15.9. The summed E-state index contributed by atoms with van der Waals surface area (Å²) in [6, 6.07) is 8.01. The van der Waals surface area contributed by atoms with E-state index in [4.69, 9.17) is 5.11 Å². The molecule has 106 valence electrons. The molecule has 0 saturated heterocycles. The first kappa shape index (κ1) is 14.5. The standard InChI is InChI=1S/C15H18N2O2S/c1-9-12(13(18)19)17-14(20-9)16-11-8-6-5-7-10(11)15(2,3)4/h5-8H,1-4H3,(H,16,17)(H,18,19). The minimum atomic E-state index is -0.990. The van der Waals surface area contributed by atoms with Crippen LogP contribution in [0.15, 0.2) is 24.3 Å². The molecule has 0 spiro atoms. The molecule has 0 unspecified atom stereocenters. The fourth-order valence-electron chi connectivity index (χ4n) is 2.01. The van der Waals surface area contributed by atoms with Gasteiger partial charge in [0, 0.05) is 10.6 Å². The van der Waals surface area contributed by atoms with Crippen LogP contribution in [0, 0.1) is 6.92 Å². The Balaban J connectivity index is 2.36. The molecule has 2 aromatic rings. The quantitative estimate of drug-likeness (QED) is 0.889. The van der Waals surface area contributed by atoms with Crippen LogP contribution in [-0.4, -0.2) is 16.1 Å². The van der Waals surface area contributed by atoms with E-state index >= 15 is 0 Å². The lowest BCUT2D eigenvalue weighted by molar-refractivity contribution is 0.0690. The predicted molar refractivity (Wildman–Crippen MR) is 82.2 cm³/mol. The molecule has 0 bridgehead atoms. The minimum Gasteiger partial charge on any atom is -0.476 e. The summed E-state index contributed by atoms with van der Waals surface area (Å²) in [6.07, 6.45) is 0. The van der Waals surface area contributed by atoms with Crippen molar-refractivity contribution >= 4 is 28.1 Å². The Morgan fingerprint density at radius 3 is 2.50 bits per heavy atom. The first-order valence-corrected chi connectivity index (χ1v) is 7.18. The monoisotopic (exact) mass is 290 g/mol. The van der Waals surface area contributed by atoms with Crippen LogP contribution in [0.4, 0.5) is 10.8 Å². The number of thiazole rings is 1. The Bertz CT molecular complexity index is 642. The lowest BCUT2D eigenvalue weighted by Gasteiger charge is -2.22. The van der Waals surface area contributed by atoms with Crippen molar-refractivity contribution in [1.82, 2.24) is 4.98 Å². The maximum absolute atomic E-state index is 11.0. The van der Waals surface area contributed by atoms with Crippen molar-refractivity contribution in [2.24, 2.45) is 0 Å². The highest BCUT2D eigenvalue weighted by atomic mass is 32.1. The predicted octanol–water partition coefficient (Wildman–Crippen LogP) is 4.19. The van der Waals surface area contributed by atoms with Crippen LogP contribution in [0.3, 0.4) is 0 Å². The molecule has 2 N–H and O–H groups in total. The third kappa shape index (κ3) is 2.99. The summed E-state index contributed by atoms with van der Waals surface area (Å²) < 4.78 is 0. The number of benzene rings is 1. The smallest absolute Gasteiger partial charge is 0.355 e. The second-order valence-corrected chi connectivity index (χ2v) is 6.85. The van der Waals surface area contributed by atoms with Gasteiger partial charge in [-0.05, 0) is 24.0 Å². The molecule has 2 rings (SSSR count). The molecule has 1 aromatic carbocycles. The number of aromatic nitrogens is 1. The highest BCUT2D eigenvalue weighted by Gasteiger charge is 2.19. The summed E-state index contributed by atoms with van der Waals surface area (Å²) in [6.45, 7) is 8.19. The van der Waals surface area contributed by atoms with Gasteiger partial charge in [-0.25, -0.2) is 9.78 Å². The number of carboxylic acid groups (broad SMARTS) is 1. The van der Waals surface area contributed by atoms with Crippen LogP contribution >= 0.6 is 11.3 Å². The average Bonchev–Trinajstić information content (AvgIpc) is 2.69. The molecule has 0 atom stereocenters. The van der Waals surface area contributed by atoms with Crippen LogP contribution in [0.5, 0.6) is 0 Å². The lowest BCUT2D eigenvalue weighted by Crippen LogP contribution is -2.13. The van der Waals surface area contributed by atoms with E-state index in [2.05, 4.69) is 37.1 Å². The normalized spacial score (nSPS) is 11.4. The number of nitrogens with zero attached hydrogens (tertiary/aromatic N) is 1. The van der Waals surface area contributed by atoms with Crippen molar-refractivity contribution in [2.75, 3.05) is 5.32 Å². The number of aromatic carboxylic acids is 1. The molecule has 0 aliphatic rings. The number of carboxylic acids is 1. The number of nitrogens with one attached hydrogen (secondary N) is 1. The first-order chi connectivity index (χ1) is 9.29.